The second-order valence-corrected chi connectivity index (χ2v) is 10.8. The van der Waals surface area contributed by atoms with Crippen LogP contribution >= 0.6 is 7.92 Å². The van der Waals surface area contributed by atoms with Gasteiger partial charge in [-0.05, 0) is 104 Å². The quantitative estimate of drug-likeness (QED) is 0.369. The zero-order chi connectivity index (χ0) is 21.8. The summed E-state index contributed by atoms with van der Waals surface area (Å²) in [6, 6.07) is 18.1. The minimum Gasteiger partial charge on any atom is -0.380 e. The van der Waals surface area contributed by atoms with Gasteiger partial charge in [0.15, 0.2) is 0 Å². The van der Waals surface area contributed by atoms with Crippen molar-refractivity contribution in [1.29, 1.82) is 0 Å². The number of hydrogen-bond donors (Lipinski definition) is 0. The predicted molar refractivity (Wildman–Crippen MR) is 132 cm³/mol. The molecule has 2 heteroatoms. The molecular weight excluding hydrogens is 383 g/mol. The van der Waals surface area contributed by atoms with Crippen molar-refractivity contribution in [1.82, 2.24) is 0 Å². The fraction of sp³-hybridized carbons (Fsp3) is 0.357. The van der Waals surface area contributed by atoms with Crippen LogP contribution in [0, 0.1) is 41.5 Å². The molecule has 30 heavy (non-hydrogen) atoms. The number of methoxy groups -OCH3 is 1. The van der Waals surface area contributed by atoms with Crippen LogP contribution in [0.15, 0.2) is 48.5 Å². The van der Waals surface area contributed by atoms with Gasteiger partial charge >= 0.3 is 0 Å². The standard InChI is InChI=1S/C28H35OP/c1-19-13-20(2)27(21(3)14-19)17-30(25-11-9-8-10-12-25)18-28-23(5)15-22(4)26(16-29-7)24(28)6/h8-15H,16-18H2,1-7H3. The second kappa shape index (κ2) is 9.90. The van der Waals surface area contributed by atoms with Gasteiger partial charge in [-0.15, -0.1) is 0 Å². The predicted octanol–water partition coefficient (Wildman–Crippen LogP) is 7.19. The highest BCUT2D eigenvalue weighted by Crippen LogP contribution is 2.45. The number of aryl methyl sites for hydroxylation is 5. The molecule has 0 heterocycles. The first kappa shape index (κ1) is 22.7. The summed E-state index contributed by atoms with van der Waals surface area (Å²) in [4.78, 5) is 0. The van der Waals surface area contributed by atoms with Gasteiger partial charge in [-0.1, -0.05) is 62.0 Å². The van der Waals surface area contributed by atoms with E-state index in [0.29, 0.717) is 6.61 Å². The summed E-state index contributed by atoms with van der Waals surface area (Å²) in [6.07, 6.45) is 2.24. The van der Waals surface area contributed by atoms with Crippen molar-refractivity contribution in [2.24, 2.45) is 0 Å². The third-order valence-electron chi connectivity index (χ3n) is 6.24. The topological polar surface area (TPSA) is 9.23 Å². The SMILES string of the molecule is COCc1c(C)cc(C)c(CP(Cc2c(C)cc(C)cc2C)c2ccccc2)c1C. The maximum absolute atomic E-state index is 5.52. The number of ether oxygens (including phenoxy) is 1. The molecule has 0 amide bonds. The van der Waals surface area contributed by atoms with E-state index in [0.717, 1.165) is 12.3 Å². The third kappa shape index (κ3) is 5.02. The van der Waals surface area contributed by atoms with E-state index in [1.165, 1.54) is 55.4 Å². The Labute approximate surface area is 184 Å². The zero-order valence-electron chi connectivity index (χ0n) is 19.6. The summed E-state index contributed by atoms with van der Waals surface area (Å²) >= 11 is 0. The van der Waals surface area contributed by atoms with Gasteiger partial charge < -0.3 is 4.74 Å². The van der Waals surface area contributed by atoms with Crippen LogP contribution in [0.3, 0.4) is 0 Å². The summed E-state index contributed by atoms with van der Waals surface area (Å²) in [5.41, 5.74) is 12.7. The molecule has 1 nitrogen and oxygen atoms in total. The summed E-state index contributed by atoms with van der Waals surface area (Å²) in [5, 5.41) is 1.49. The van der Waals surface area contributed by atoms with E-state index < -0.39 is 0 Å². The molecule has 0 aliphatic heterocycles. The Morgan fingerprint density at radius 1 is 0.667 bits per heavy atom. The van der Waals surface area contributed by atoms with Crippen LogP contribution in [0.25, 0.3) is 0 Å². The van der Waals surface area contributed by atoms with Crippen molar-refractivity contribution in [3.63, 3.8) is 0 Å². The molecule has 1 unspecified atom stereocenters. The Morgan fingerprint density at radius 2 is 1.20 bits per heavy atom. The molecule has 3 aromatic rings. The molecule has 0 aromatic heterocycles. The van der Waals surface area contributed by atoms with Crippen molar-refractivity contribution in [2.75, 3.05) is 7.11 Å². The Morgan fingerprint density at radius 3 is 1.80 bits per heavy atom. The smallest absolute Gasteiger partial charge is 0.0718 e. The maximum Gasteiger partial charge on any atom is 0.0718 e. The molecule has 0 bridgehead atoms. The van der Waals surface area contributed by atoms with Crippen molar-refractivity contribution in [2.45, 2.75) is 60.5 Å². The van der Waals surface area contributed by atoms with Crippen LogP contribution < -0.4 is 5.30 Å². The first-order valence-electron chi connectivity index (χ1n) is 10.8. The Kier molecular flexibility index (Phi) is 7.50. The van der Waals surface area contributed by atoms with Gasteiger partial charge in [-0.3, -0.25) is 0 Å². The molecule has 3 aromatic carbocycles. The second-order valence-electron chi connectivity index (χ2n) is 8.59. The van der Waals surface area contributed by atoms with Gasteiger partial charge in [-0.2, -0.15) is 0 Å². The molecule has 0 N–H and O–H groups in total. The van der Waals surface area contributed by atoms with Crippen LogP contribution in [-0.2, 0) is 23.7 Å². The first-order chi connectivity index (χ1) is 14.3. The molecule has 158 valence electrons. The molecule has 3 rings (SSSR count). The highest BCUT2D eigenvalue weighted by atomic mass is 31.1. The molecule has 1 atom stereocenters. The number of benzene rings is 3. The Bertz CT molecular complexity index is 998. The van der Waals surface area contributed by atoms with Crippen LogP contribution in [-0.4, -0.2) is 7.11 Å². The lowest BCUT2D eigenvalue weighted by Crippen LogP contribution is -2.09. The van der Waals surface area contributed by atoms with E-state index >= 15 is 0 Å². The van der Waals surface area contributed by atoms with Crippen molar-refractivity contribution >= 4 is 13.2 Å². The number of rotatable bonds is 7. The van der Waals surface area contributed by atoms with Gasteiger partial charge in [0.25, 0.3) is 0 Å². The van der Waals surface area contributed by atoms with Crippen LogP contribution in [0.2, 0.25) is 0 Å². The average molecular weight is 419 g/mol. The Balaban J connectivity index is 2.05. The van der Waals surface area contributed by atoms with Crippen molar-refractivity contribution < 1.29 is 4.74 Å². The van der Waals surface area contributed by atoms with Crippen LogP contribution in [0.4, 0.5) is 0 Å². The zero-order valence-corrected chi connectivity index (χ0v) is 20.5. The van der Waals surface area contributed by atoms with Crippen molar-refractivity contribution in [3.8, 4) is 0 Å². The summed E-state index contributed by atoms with van der Waals surface area (Å²) < 4.78 is 5.52. The lowest BCUT2D eigenvalue weighted by atomic mass is 9.95. The first-order valence-corrected chi connectivity index (χ1v) is 12.5. The number of hydrogen-bond acceptors (Lipinski definition) is 1. The molecule has 0 aliphatic carbocycles. The van der Waals surface area contributed by atoms with E-state index in [4.69, 9.17) is 4.74 Å². The minimum absolute atomic E-state index is 0.355. The fourth-order valence-corrected chi connectivity index (χ4v) is 7.42. The van der Waals surface area contributed by atoms with E-state index in [-0.39, 0.29) is 7.92 Å². The van der Waals surface area contributed by atoms with Gasteiger partial charge in [0.1, 0.15) is 0 Å². The molecule has 0 spiro atoms. The van der Waals surface area contributed by atoms with Crippen LogP contribution in [0.5, 0.6) is 0 Å². The van der Waals surface area contributed by atoms with Gasteiger partial charge in [0, 0.05) is 7.11 Å². The monoisotopic (exact) mass is 418 g/mol. The molecule has 0 radical (unpaired) electrons. The normalized spacial score (nSPS) is 12.2. The molecule has 0 aliphatic rings. The van der Waals surface area contributed by atoms with E-state index in [2.05, 4.69) is 90.1 Å². The summed E-state index contributed by atoms with van der Waals surface area (Å²) in [5.74, 6) is 0. The van der Waals surface area contributed by atoms with Gasteiger partial charge in [0.2, 0.25) is 0 Å². The van der Waals surface area contributed by atoms with Crippen LogP contribution in [0.1, 0.15) is 50.1 Å². The van der Waals surface area contributed by atoms with E-state index in [9.17, 15) is 0 Å². The molecule has 0 saturated heterocycles. The fourth-order valence-electron chi connectivity index (χ4n) is 4.60. The molecular formula is C28H35OP. The largest absolute Gasteiger partial charge is 0.380 e. The van der Waals surface area contributed by atoms with Gasteiger partial charge in [0.05, 0.1) is 6.61 Å². The van der Waals surface area contributed by atoms with Crippen molar-refractivity contribution in [3.05, 3.63) is 98.6 Å². The Hall–Kier alpha value is -1.95. The highest BCUT2D eigenvalue weighted by Gasteiger charge is 2.19. The summed E-state index contributed by atoms with van der Waals surface area (Å²) in [6.45, 7) is 14.2. The average Bonchev–Trinajstić information content (AvgIpc) is 2.70. The van der Waals surface area contributed by atoms with E-state index in [1.54, 1.807) is 7.11 Å². The van der Waals surface area contributed by atoms with E-state index in [1.807, 2.05) is 0 Å². The summed E-state index contributed by atoms with van der Waals surface area (Å²) in [7, 11) is 1.43. The minimum atomic E-state index is -0.355. The third-order valence-corrected chi connectivity index (χ3v) is 8.66. The molecule has 0 fully saturated rings. The van der Waals surface area contributed by atoms with Gasteiger partial charge in [-0.25, -0.2) is 0 Å². The maximum atomic E-state index is 5.52. The molecule has 0 saturated carbocycles. The highest BCUT2D eigenvalue weighted by molar-refractivity contribution is 7.64. The lowest BCUT2D eigenvalue weighted by Gasteiger charge is -2.25. The lowest BCUT2D eigenvalue weighted by molar-refractivity contribution is 0.184.